The fourth-order valence-electron chi connectivity index (χ4n) is 2.90. The van der Waals surface area contributed by atoms with Gasteiger partial charge in [-0.3, -0.25) is 0 Å². The first-order chi connectivity index (χ1) is 8.95. The molecular formula is C15H19FO3. The molecule has 0 aromatic heterocycles. The van der Waals surface area contributed by atoms with Crippen LogP contribution in [0.25, 0.3) is 0 Å². The molecule has 0 heterocycles. The van der Waals surface area contributed by atoms with Crippen LogP contribution in [0.5, 0.6) is 5.75 Å². The molecule has 2 unspecified atom stereocenters. The van der Waals surface area contributed by atoms with Crippen LogP contribution in [0.2, 0.25) is 0 Å². The van der Waals surface area contributed by atoms with Gasteiger partial charge in [0.1, 0.15) is 11.6 Å². The molecule has 2 atom stereocenters. The lowest BCUT2D eigenvalue weighted by Crippen LogP contribution is -2.28. The van der Waals surface area contributed by atoms with Crippen molar-refractivity contribution in [1.82, 2.24) is 0 Å². The normalized spacial score (nSPS) is 27.0. The van der Waals surface area contributed by atoms with E-state index >= 15 is 0 Å². The molecule has 1 aromatic rings. The molecule has 0 spiro atoms. The highest BCUT2D eigenvalue weighted by Gasteiger charge is 2.25. The van der Waals surface area contributed by atoms with E-state index in [0.717, 1.165) is 18.9 Å². The molecule has 1 aromatic carbocycles. The summed E-state index contributed by atoms with van der Waals surface area (Å²) < 4.78 is 19.3. The summed E-state index contributed by atoms with van der Waals surface area (Å²) in [6, 6.07) is 3.94. The van der Waals surface area contributed by atoms with E-state index in [0.29, 0.717) is 17.6 Å². The highest BCUT2D eigenvalue weighted by Crippen LogP contribution is 2.31. The third kappa shape index (κ3) is 3.46. The van der Waals surface area contributed by atoms with Crippen molar-refractivity contribution in [1.29, 1.82) is 0 Å². The molecule has 1 aliphatic carbocycles. The van der Waals surface area contributed by atoms with Gasteiger partial charge >= 0.3 is 5.97 Å². The van der Waals surface area contributed by atoms with E-state index < -0.39 is 11.8 Å². The topological polar surface area (TPSA) is 46.5 Å². The van der Waals surface area contributed by atoms with E-state index in [9.17, 15) is 9.18 Å². The summed E-state index contributed by atoms with van der Waals surface area (Å²) in [5.74, 6) is -0.381. The standard InChI is InChI=1S/C15H19FO3/c1-9-5-10(2)7-12(6-9)19-11-3-4-13(15(17)18)14(16)8-11/h3-4,8-10,12H,5-7H2,1-2H3,(H,17,18). The van der Waals surface area contributed by atoms with Crippen molar-refractivity contribution in [2.24, 2.45) is 11.8 Å². The molecule has 1 N–H and O–H groups in total. The Bertz CT molecular complexity index is 462. The van der Waals surface area contributed by atoms with Crippen LogP contribution in [0, 0.1) is 17.7 Å². The molecule has 19 heavy (non-hydrogen) atoms. The number of rotatable bonds is 3. The highest BCUT2D eigenvalue weighted by molar-refractivity contribution is 5.88. The van der Waals surface area contributed by atoms with Gasteiger partial charge in [0, 0.05) is 6.07 Å². The van der Waals surface area contributed by atoms with Crippen molar-refractivity contribution >= 4 is 5.97 Å². The number of carboxylic acid groups (broad SMARTS) is 1. The van der Waals surface area contributed by atoms with Crippen LogP contribution >= 0.6 is 0 Å². The summed E-state index contributed by atoms with van der Waals surface area (Å²) in [4.78, 5) is 10.7. The van der Waals surface area contributed by atoms with E-state index in [1.54, 1.807) is 0 Å². The minimum absolute atomic E-state index is 0.0915. The summed E-state index contributed by atoms with van der Waals surface area (Å²) in [5.41, 5.74) is -0.322. The second-order valence-electron chi connectivity index (χ2n) is 5.60. The van der Waals surface area contributed by atoms with Crippen LogP contribution in [0.1, 0.15) is 43.5 Å². The maximum absolute atomic E-state index is 13.5. The fourth-order valence-corrected chi connectivity index (χ4v) is 2.90. The van der Waals surface area contributed by atoms with Crippen molar-refractivity contribution in [3.05, 3.63) is 29.6 Å². The van der Waals surface area contributed by atoms with Crippen LogP contribution in [0.3, 0.4) is 0 Å². The molecule has 0 bridgehead atoms. The van der Waals surface area contributed by atoms with Gasteiger partial charge in [0.2, 0.25) is 0 Å². The van der Waals surface area contributed by atoms with E-state index in [1.165, 1.54) is 18.6 Å². The van der Waals surface area contributed by atoms with Crippen LogP contribution in [-0.4, -0.2) is 17.2 Å². The van der Waals surface area contributed by atoms with Gasteiger partial charge in [0.05, 0.1) is 11.7 Å². The molecule has 1 aliphatic rings. The SMILES string of the molecule is CC1CC(C)CC(Oc2ccc(C(=O)O)c(F)c2)C1. The van der Waals surface area contributed by atoms with Gasteiger partial charge in [-0.1, -0.05) is 13.8 Å². The second kappa shape index (κ2) is 5.59. The van der Waals surface area contributed by atoms with Crippen molar-refractivity contribution in [2.75, 3.05) is 0 Å². The summed E-state index contributed by atoms with van der Waals surface area (Å²) in [5, 5.41) is 8.77. The number of hydrogen-bond acceptors (Lipinski definition) is 2. The average Bonchev–Trinajstić information content (AvgIpc) is 2.26. The van der Waals surface area contributed by atoms with Gasteiger partial charge < -0.3 is 9.84 Å². The summed E-state index contributed by atoms with van der Waals surface area (Å²) in [6.07, 6.45) is 3.22. The number of hydrogen-bond donors (Lipinski definition) is 1. The first-order valence-electron chi connectivity index (χ1n) is 6.65. The zero-order valence-corrected chi connectivity index (χ0v) is 11.2. The van der Waals surface area contributed by atoms with Crippen molar-refractivity contribution in [3.8, 4) is 5.75 Å². The minimum atomic E-state index is -1.26. The van der Waals surface area contributed by atoms with E-state index in [4.69, 9.17) is 9.84 Å². The summed E-state index contributed by atoms with van der Waals surface area (Å²) in [6.45, 7) is 4.39. The average molecular weight is 266 g/mol. The Balaban J connectivity index is 2.07. The van der Waals surface area contributed by atoms with Crippen LogP contribution < -0.4 is 4.74 Å². The maximum atomic E-state index is 13.5. The Morgan fingerprint density at radius 1 is 1.26 bits per heavy atom. The van der Waals surface area contributed by atoms with Gasteiger partial charge in [-0.2, -0.15) is 0 Å². The van der Waals surface area contributed by atoms with Gasteiger partial charge in [-0.05, 0) is 43.2 Å². The Hall–Kier alpha value is -1.58. The monoisotopic (exact) mass is 266 g/mol. The molecule has 0 saturated heterocycles. The van der Waals surface area contributed by atoms with Gasteiger partial charge in [0.25, 0.3) is 0 Å². The number of benzene rings is 1. The lowest BCUT2D eigenvalue weighted by molar-refractivity contribution is 0.0691. The van der Waals surface area contributed by atoms with Crippen molar-refractivity contribution in [2.45, 2.75) is 39.2 Å². The van der Waals surface area contributed by atoms with Crippen LogP contribution in [-0.2, 0) is 0 Å². The molecule has 1 fully saturated rings. The molecule has 4 heteroatoms. The molecule has 104 valence electrons. The van der Waals surface area contributed by atoms with Crippen molar-refractivity contribution < 1.29 is 19.0 Å². The number of halogens is 1. The Kier molecular flexibility index (Phi) is 4.08. The fraction of sp³-hybridized carbons (Fsp3) is 0.533. The van der Waals surface area contributed by atoms with E-state index in [-0.39, 0.29) is 11.7 Å². The predicted octanol–water partition coefficient (Wildman–Crippen LogP) is 3.73. The predicted molar refractivity (Wildman–Crippen MR) is 70.0 cm³/mol. The largest absolute Gasteiger partial charge is 0.490 e. The first-order valence-corrected chi connectivity index (χ1v) is 6.65. The number of ether oxygens (including phenoxy) is 1. The molecule has 0 aliphatic heterocycles. The van der Waals surface area contributed by atoms with Gasteiger partial charge in [-0.15, -0.1) is 0 Å². The summed E-state index contributed by atoms with van der Waals surface area (Å²) >= 11 is 0. The van der Waals surface area contributed by atoms with Crippen LogP contribution in [0.4, 0.5) is 4.39 Å². The highest BCUT2D eigenvalue weighted by atomic mass is 19.1. The molecule has 1 saturated carbocycles. The van der Waals surface area contributed by atoms with Crippen molar-refractivity contribution in [3.63, 3.8) is 0 Å². The Morgan fingerprint density at radius 2 is 1.89 bits per heavy atom. The molecular weight excluding hydrogens is 247 g/mol. The first kappa shape index (κ1) is 13.8. The third-order valence-corrected chi connectivity index (χ3v) is 3.61. The molecule has 0 radical (unpaired) electrons. The van der Waals surface area contributed by atoms with Crippen LogP contribution in [0.15, 0.2) is 18.2 Å². The summed E-state index contributed by atoms with van der Waals surface area (Å²) in [7, 11) is 0. The zero-order chi connectivity index (χ0) is 14.0. The van der Waals surface area contributed by atoms with E-state index in [2.05, 4.69) is 13.8 Å². The molecule has 0 amide bonds. The Morgan fingerprint density at radius 3 is 2.42 bits per heavy atom. The number of carboxylic acids is 1. The molecule has 2 rings (SSSR count). The lowest BCUT2D eigenvalue weighted by Gasteiger charge is -2.31. The second-order valence-corrected chi connectivity index (χ2v) is 5.60. The third-order valence-electron chi connectivity index (χ3n) is 3.61. The smallest absolute Gasteiger partial charge is 0.338 e. The van der Waals surface area contributed by atoms with Gasteiger partial charge in [0.15, 0.2) is 0 Å². The maximum Gasteiger partial charge on any atom is 0.338 e. The zero-order valence-electron chi connectivity index (χ0n) is 11.2. The van der Waals surface area contributed by atoms with E-state index in [1.807, 2.05) is 0 Å². The number of carbonyl (C=O) groups is 1. The Labute approximate surface area is 112 Å². The quantitative estimate of drug-likeness (QED) is 0.906. The lowest BCUT2D eigenvalue weighted by atomic mass is 9.82. The molecule has 3 nitrogen and oxygen atoms in total. The minimum Gasteiger partial charge on any atom is -0.490 e. The van der Waals surface area contributed by atoms with Gasteiger partial charge in [-0.25, -0.2) is 9.18 Å². The number of aromatic carboxylic acids is 1.